The highest BCUT2D eigenvalue weighted by atomic mass is 32.2. The Bertz CT molecular complexity index is 551. The SMILES string of the molecule is CCc1nc(NN)c(C)c(Sc2ncnn2C)n1. The van der Waals surface area contributed by atoms with Gasteiger partial charge in [-0.05, 0) is 18.7 Å². The molecule has 7 nitrogen and oxygen atoms in total. The number of anilines is 1. The minimum atomic E-state index is 0.645. The van der Waals surface area contributed by atoms with Crippen molar-refractivity contribution in [3.63, 3.8) is 0 Å². The maximum atomic E-state index is 5.46. The van der Waals surface area contributed by atoms with Crippen LogP contribution in [0.25, 0.3) is 0 Å². The summed E-state index contributed by atoms with van der Waals surface area (Å²) >= 11 is 1.45. The Morgan fingerprint density at radius 3 is 2.78 bits per heavy atom. The lowest BCUT2D eigenvalue weighted by molar-refractivity contribution is 0.684. The average molecular weight is 265 g/mol. The number of nitrogens with one attached hydrogen (secondary N) is 1. The molecular weight excluding hydrogens is 250 g/mol. The lowest BCUT2D eigenvalue weighted by atomic mass is 10.3. The summed E-state index contributed by atoms with van der Waals surface area (Å²) in [6.45, 7) is 3.93. The van der Waals surface area contributed by atoms with Crippen LogP contribution < -0.4 is 11.3 Å². The molecule has 0 atom stereocenters. The number of nitrogen functional groups attached to an aromatic ring is 1. The number of rotatable bonds is 4. The molecule has 3 N–H and O–H groups in total. The van der Waals surface area contributed by atoms with Gasteiger partial charge in [0.1, 0.15) is 23.0 Å². The fourth-order valence-electron chi connectivity index (χ4n) is 1.40. The van der Waals surface area contributed by atoms with E-state index in [-0.39, 0.29) is 0 Å². The number of nitrogens with zero attached hydrogens (tertiary/aromatic N) is 5. The Hall–Kier alpha value is -1.67. The number of hydrogen-bond acceptors (Lipinski definition) is 7. The van der Waals surface area contributed by atoms with Gasteiger partial charge in [-0.15, -0.1) is 0 Å². The first-order chi connectivity index (χ1) is 8.65. The van der Waals surface area contributed by atoms with E-state index < -0.39 is 0 Å². The standard InChI is InChI=1S/C10H15N7S/c1-4-7-14-8(16-11)6(2)9(15-7)18-10-12-5-13-17(10)3/h5H,4,11H2,1-3H3,(H,14,15,16). The summed E-state index contributed by atoms with van der Waals surface area (Å²) in [4.78, 5) is 13.0. The molecule has 0 saturated carbocycles. The molecule has 8 heteroatoms. The molecule has 2 rings (SSSR count). The van der Waals surface area contributed by atoms with Crippen LogP contribution in [-0.4, -0.2) is 24.7 Å². The van der Waals surface area contributed by atoms with Gasteiger partial charge in [-0.25, -0.2) is 25.5 Å². The number of hydrogen-bond donors (Lipinski definition) is 2. The lowest BCUT2D eigenvalue weighted by Gasteiger charge is -2.10. The predicted molar refractivity (Wildman–Crippen MR) is 69.1 cm³/mol. The summed E-state index contributed by atoms with van der Waals surface area (Å²) < 4.78 is 1.70. The van der Waals surface area contributed by atoms with Crippen LogP contribution in [-0.2, 0) is 13.5 Å². The molecule has 0 saturated heterocycles. The molecular formula is C10H15N7S. The van der Waals surface area contributed by atoms with E-state index in [4.69, 9.17) is 5.84 Å². The van der Waals surface area contributed by atoms with Gasteiger partial charge in [-0.2, -0.15) is 5.10 Å². The number of aromatic nitrogens is 5. The molecule has 0 aliphatic rings. The first-order valence-electron chi connectivity index (χ1n) is 5.51. The molecule has 96 valence electrons. The van der Waals surface area contributed by atoms with Crippen molar-refractivity contribution >= 4 is 17.6 Å². The van der Waals surface area contributed by atoms with E-state index >= 15 is 0 Å². The Labute approximate surface area is 109 Å². The van der Waals surface area contributed by atoms with Gasteiger partial charge in [-0.1, -0.05) is 6.92 Å². The first kappa shape index (κ1) is 12.8. The van der Waals surface area contributed by atoms with Gasteiger partial charge >= 0.3 is 0 Å². The van der Waals surface area contributed by atoms with E-state index in [2.05, 4.69) is 25.5 Å². The third kappa shape index (κ3) is 2.44. The van der Waals surface area contributed by atoms with Crippen LogP contribution in [0.3, 0.4) is 0 Å². The van der Waals surface area contributed by atoms with Crippen LogP contribution in [0.5, 0.6) is 0 Å². The molecule has 0 aliphatic heterocycles. The molecule has 0 amide bonds. The maximum absolute atomic E-state index is 5.46. The minimum Gasteiger partial charge on any atom is -0.308 e. The molecule has 0 spiro atoms. The monoisotopic (exact) mass is 265 g/mol. The molecule has 0 aromatic carbocycles. The molecule has 2 aromatic heterocycles. The Balaban J connectivity index is 2.40. The van der Waals surface area contributed by atoms with Crippen LogP contribution in [0.4, 0.5) is 5.82 Å². The zero-order valence-electron chi connectivity index (χ0n) is 10.5. The van der Waals surface area contributed by atoms with Crippen LogP contribution in [0.1, 0.15) is 18.3 Å². The van der Waals surface area contributed by atoms with Crippen molar-refractivity contribution in [1.82, 2.24) is 24.7 Å². The quantitative estimate of drug-likeness (QED) is 0.482. The minimum absolute atomic E-state index is 0.645. The van der Waals surface area contributed by atoms with Gasteiger partial charge in [0, 0.05) is 19.0 Å². The summed E-state index contributed by atoms with van der Waals surface area (Å²) in [5.74, 6) is 6.86. The van der Waals surface area contributed by atoms with Gasteiger partial charge < -0.3 is 5.43 Å². The average Bonchev–Trinajstić information content (AvgIpc) is 2.77. The molecule has 2 aromatic rings. The zero-order chi connectivity index (χ0) is 13.1. The molecule has 18 heavy (non-hydrogen) atoms. The predicted octanol–water partition coefficient (Wildman–Crippen LogP) is 0.913. The molecule has 0 bridgehead atoms. The van der Waals surface area contributed by atoms with Crippen LogP contribution in [0, 0.1) is 6.92 Å². The molecule has 0 fully saturated rings. The van der Waals surface area contributed by atoms with Crippen molar-refractivity contribution in [2.24, 2.45) is 12.9 Å². The van der Waals surface area contributed by atoms with E-state index in [1.165, 1.54) is 18.1 Å². The number of hydrazine groups is 1. The van der Waals surface area contributed by atoms with E-state index in [1.54, 1.807) is 4.68 Å². The highest BCUT2D eigenvalue weighted by molar-refractivity contribution is 7.99. The summed E-state index contributed by atoms with van der Waals surface area (Å²) in [6, 6.07) is 0. The maximum Gasteiger partial charge on any atom is 0.192 e. The molecule has 0 radical (unpaired) electrons. The van der Waals surface area contributed by atoms with Gasteiger partial charge in [0.15, 0.2) is 5.16 Å². The topological polar surface area (TPSA) is 94.5 Å². The third-order valence-electron chi connectivity index (χ3n) is 2.46. The van der Waals surface area contributed by atoms with Crippen molar-refractivity contribution in [3.8, 4) is 0 Å². The Kier molecular flexibility index (Phi) is 3.78. The van der Waals surface area contributed by atoms with E-state index in [9.17, 15) is 0 Å². The fraction of sp³-hybridized carbons (Fsp3) is 0.400. The summed E-state index contributed by atoms with van der Waals surface area (Å²) in [7, 11) is 1.84. The lowest BCUT2D eigenvalue weighted by Crippen LogP contribution is -2.13. The normalized spacial score (nSPS) is 10.7. The zero-order valence-corrected chi connectivity index (χ0v) is 11.3. The second kappa shape index (κ2) is 5.32. The van der Waals surface area contributed by atoms with Crippen molar-refractivity contribution < 1.29 is 0 Å². The smallest absolute Gasteiger partial charge is 0.192 e. The van der Waals surface area contributed by atoms with E-state index in [1.807, 2.05) is 20.9 Å². The molecule has 2 heterocycles. The Morgan fingerprint density at radius 2 is 2.22 bits per heavy atom. The molecule has 0 aliphatic carbocycles. The Morgan fingerprint density at radius 1 is 1.44 bits per heavy atom. The van der Waals surface area contributed by atoms with Crippen molar-refractivity contribution in [2.75, 3.05) is 5.43 Å². The van der Waals surface area contributed by atoms with Crippen molar-refractivity contribution in [3.05, 3.63) is 17.7 Å². The second-order valence-corrected chi connectivity index (χ2v) is 4.64. The number of nitrogens with two attached hydrogens (primary N) is 1. The van der Waals surface area contributed by atoms with Gasteiger partial charge in [0.25, 0.3) is 0 Å². The number of aryl methyl sites for hydroxylation is 2. The summed E-state index contributed by atoms with van der Waals surface area (Å²) in [6.07, 6.45) is 2.27. The van der Waals surface area contributed by atoms with E-state index in [0.717, 1.165) is 28.0 Å². The third-order valence-corrected chi connectivity index (χ3v) is 3.60. The summed E-state index contributed by atoms with van der Waals surface area (Å²) in [5, 5.41) is 5.65. The largest absolute Gasteiger partial charge is 0.308 e. The molecule has 0 unspecified atom stereocenters. The van der Waals surface area contributed by atoms with E-state index in [0.29, 0.717) is 5.82 Å². The second-order valence-electron chi connectivity index (χ2n) is 3.68. The first-order valence-corrected chi connectivity index (χ1v) is 6.33. The van der Waals surface area contributed by atoms with Crippen molar-refractivity contribution in [1.29, 1.82) is 0 Å². The van der Waals surface area contributed by atoms with Crippen LogP contribution >= 0.6 is 11.8 Å². The van der Waals surface area contributed by atoms with Crippen molar-refractivity contribution in [2.45, 2.75) is 30.5 Å². The van der Waals surface area contributed by atoms with Gasteiger partial charge in [-0.3, -0.25) is 0 Å². The summed E-state index contributed by atoms with van der Waals surface area (Å²) in [5.41, 5.74) is 3.50. The van der Waals surface area contributed by atoms with Crippen LogP contribution in [0.15, 0.2) is 16.5 Å². The van der Waals surface area contributed by atoms with Crippen LogP contribution in [0.2, 0.25) is 0 Å². The van der Waals surface area contributed by atoms with Gasteiger partial charge in [0.2, 0.25) is 0 Å². The highest BCUT2D eigenvalue weighted by Crippen LogP contribution is 2.29. The fourth-order valence-corrected chi connectivity index (χ4v) is 2.26. The highest BCUT2D eigenvalue weighted by Gasteiger charge is 2.13. The van der Waals surface area contributed by atoms with Gasteiger partial charge in [0.05, 0.1) is 0 Å².